The molecule has 2 aromatic rings. The fourth-order valence-electron chi connectivity index (χ4n) is 4.75. The largest absolute Gasteiger partial charge is 0.338 e. The van der Waals surface area contributed by atoms with Gasteiger partial charge in [0.05, 0.1) is 10.4 Å². The minimum Gasteiger partial charge on any atom is -0.338 e. The maximum Gasteiger partial charge on any atom is 0.293 e. The Morgan fingerprint density at radius 1 is 1.22 bits per heavy atom. The van der Waals surface area contributed by atoms with Crippen LogP contribution in [0, 0.1) is 0 Å². The minimum atomic E-state index is -0.229. The number of fused-ring (bicyclic) bond motifs is 1. The van der Waals surface area contributed by atoms with Gasteiger partial charge in [0.25, 0.3) is 11.1 Å². The molecule has 2 fully saturated rings. The molecule has 2 aliphatic heterocycles. The maximum absolute atomic E-state index is 13.2. The average molecular weight is 454 g/mol. The zero-order valence-corrected chi connectivity index (χ0v) is 19.9. The summed E-state index contributed by atoms with van der Waals surface area (Å²) in [7, 11) is 0. The van der Waals surface area contributed by atoms with Crippen LogP contribution >= 0.6 is 11.8 Å². The Morgan fingerprint density at radius 2 is 2.03 bits per heavy atom. The van der Waals surface area contributed by atoms with Gasteiger partial charge in [-0.15, -0.1) is 0 Å². The van der Waals surface area contributed by atoms with Crippen LogP contribution in [0.25, 0.3) is 17.0 Å². The number of hydrogen-bond donors (Lipinski definition) is 0. The van der Waals surface area contributed by atoms with Crippen molar-refractivity contribution in [3.05, 3.63) is 40.4 Å². The molecule has 0 unspecified atom stereocenters. The predicted molar refractivity (Wildman–Crippen MR) is 129 cm³/mol. The van der Waals surface area contributed by atoms with Gasteiger partial charge >= 0.3 is 0 Å². The number of hydrogen-bond acceptors (Lipinski definition) is 4. The topological polar surface area (TPSA) is 62.6 Å². The lowest BCUT2D eigenvalue weighted by molar-refractivity contribution is -0.135. The van der Waals surface area contributed by atoms with E-state index in [0.717, 1.165) is 60.5 Å². The molecule has 0 radical (unpaired) electrons. The molecule has 1 aromatic carbocycles. The minimum absolute atomic E-state index is 0.134. The first-order chi connectivity index (χ1) is 15.4. The number of piperidine rings is 1. The molecule has 7 heteroatoms. The third-order valence-corrected chi connectivity index (χ3v) is 7.34. The standard InChI is InChI=1S/C25H31N3O3S/c1-4-12-28-24(30)21(32-25(28)31)14-19-15-26(23-18(5-2)10-8-11-20(19)23)16-22(29)27-13-7-6-9-17(27)3/h8,10-11,14-15,17H,4-7,9,12-13,16H2,1-3H3/b21-14-/t17-/m0/s1. The highest BCUT2D eigenvalue weighted by Crippen LogP contribution is 2.35. The number of aryl methyl sites for hydroxylation is 1. The monoisotopic (exact) mass is 453 g/mol. The van der Waals surface area contributed by atoms with E-state index in [9.17, 15) is 14.4 Å². The number of thioether (sulfide) groups is 1. The van der Waals surface area contributed by atoms with Gasteiger partial charge in [-0.1, -0.05) is 32.0 Å². The number of para-hydroxylation sites is 1. The number of benzene rings is 1. The fourth-order valence-corrected chi connectivity index (χ4v) is 5.61. The van der Waals surface area contributed by atoms with Crippen molar-refractivity contribution < 1.29 is 14.4 Å². The molecule has 0 aliphatic carbocycles. The van der Waals surface area contributed by atoms with Crippen molar-refractivity contribution in [2.45, 2.75) is 65.5 Å². The van der Waals surface area contributed by atoms with Gasteiger partial charge in [-0.3, -0.25) is 19.3 Å². The van der Waals surface area contributed by atoms with Gasteiger partial charge < -0.3 is 9.47 Å². The first-order valence-corrected chi connectivity index (χ1v) is 12.4. The molecule has 170 valence electrons. The zero-order valence-electron chi connectivity index (χ0n) is 19.1. The first kappa shape index (κ1) is 22.6. The summed E-state index contributed by atoms with van der Waals surface area (Å²) in [4.78, 5) is 41.9. The lowest BCUT2D eigenvalue weighted by Gasteiger charge is -2.33. The normalized spacial score (nSPS) is 20.7. The summed E-state index contributed by atoms with van der Waals surface area (Å²) >= 11 is 0.995. The van der Waals surface area contributed by atoms with Crippen molar-refractivity contribution in [3.8, 4) is 0 Å². The molecule has 1 aromatic heterocycles. The van der Waals surface area contributed by atoms with Gasteiger partial charge in [0.15, 0.2) is 0 Å². The van der Waals surface area contributed by atoms with E-state index in [2.05, 4.69) is 19.9 Å². The molecule has 32 heavy (non-hydrogen) atoms. The summed E-state index contributed by atoms with van der Waals surface area (Å²) in [6.45, 7) is 7.72. The van der Waals surface area contributed by atoms with E-state index in [1.54, 1.807) is 0 Å². The average Bonchev–Trinajstić information content (AvgIpc) is 3.26. The summed E-state index contributed by atoms with van der Waals surface area (Å²) < 4.78 is 2.03. The van der Waals surface area contributed by atoms with Crippen molar-refractivity contribution in [2.75, 3.05) is 13.1 Å². The third kappa shape index (κ3) is 4.22. The van der Waals surface area contributed by atoms with E-state index in [-0.39, 0.29) is 29.6 Å². The summed E-state index contributed by atoms with van der Waals surface area (Å²) in [5.41, 5.74) is 3.07. The second kappa shape index (κ2) is 9.53. The number of rotatable bonds is 6. The molecule has 2 aliphatic rings. The molecule has 3 amide bonds. The van der Waals surface area contributed by atoms with E-state index in [1.807, 2.05) is 40.8 Å². The molecule has 2 saturated heterocycles. The Kier molecular flexibility index (Phi) is 6.74. The van der Waals surface area contributed by atoms with Crippen LogP contribution in [0.5, 0.6) is 0 Å². The van der Waals surface area contributed by atoms with E-state index in [1.165, 1.54) is 16.9 Å². The van der Waals surface area contributed by atoms with Crippen molar-refractivity contribution >= 4 is 45.8 Å². The van der Waals surface area contributed by atoms with Crippen LogP contribution in [0.3, 0.4) is 0 Å². The number of carbonyl (C=O) groups is 3. The van der Waals surface area contributed by atoms with Gasteiger partial charge in [0, 0.05) is 36.3 Å². The Bertz CT molecular complexity index is 1090. The van der Waals surface area contributed by atoms with Gasteiger partial charge in [-0.25, -0.2) is 0 Å². The Hall–Kier alpha value is -2.54. The number of aromatic nitrogens is 1. The predicted octanol–water partition coefficient (Wildman–Crippen LogP) is 5.05. The van der Waals surface area contributed by atoms with Crippen molar-refractivity contribution in [3.63, 3.8) is 0 Å². The molecule has 4 rings (SSSR count). The molecular formula is C25H31N3O3S. The Labute approximate surface area is 193 Å². The second-order valence-corrected chi connectivity index (χ2v) is 9.64. The number of likely N-dealkylation sites (tertiary alicyclic amines) is 1. The van der Waals surface area contributed by atoms with Crippen LogP contribution in [-0.2, 0) is 22.6 Å². The van der Waals surface area contributed by atoms with E-state index >= 15 is 0 Å². The molecule has 0 N–H and O–H groups in total. The quantitative estimate of drug-likeness (QED) is 0.574. The fraction of sp³-hybridized carbons (Fsp3) is 0.480. The number of amides is 3. The van der Waals surface area contributed by atoms with Crippen LogP contribution < -0.4 is 0 Å². The highest BCUT2D eigenvalue weighted by atomic mass is 32.2. The molecule has 0 spiro atoms. The summed E-state index contributed by atoms with van der Waals surface area (Å²) in [6, 6.07) is 6.40. The lowest BCUT2D eigenvalue weighted by atomic mass is 10.0. The Morgan fingerprint density at radius 3 is 2.75 bits per heavy atom. The molecule has 0 bridgehead atoms. The third-order valence-electron chi connectivity index (χ3n) is 6.43. The highest BCUT2D eigenvalue weighted by molar-refractivity contribution is 8.18. The SMILES string of the molecule is CCCN1C(=O)S/C(=C\c2cn(CC(=O)N3CCCC[C@@H]3C)c3c(CC)cccc23)C1=O. The first-order valence-electron chi connectivity index (χ1n) is 11.6. The van der Waals surface area contributed by atoms with Crippen molar-refractivity contribution in [1.29, 1.82) is 0 Å². The van der Waals surface area contributed by atoms with Gasteiger partial charge in [-0.05, 0) is 62.4 Å². The van der Waals surface area contributed by atoms with Crippen molar-refractivity contribution in [1.82, 2.24) is 14.4 Å². The summed E-state index contributed by atoms with van der Waals surface area (Å²) in [5.74, 6) is -0.0950. The second-order valence-electron chi connectivity index (χ2n) is 8.64. The molecule has 6 nitrogen and oxygen atoms in total. The van der Waals surface area contributed by atoms with E-state index < -0.39 is 0 Å². The summed E-state index contributed by atoms with van der Waals surface area (Å²) in [6.07, 6.45) is 8.65. The molecule has 1 atom stereocenters. The highest BCUT2D eigenvalue weighted by Gasteiger charge is 2.34. The zero-order chi connectivity index (χ0) is 22.8. The number of nitrogens with zero attached hydrogens (tertiary/aromatic N) is 3. The van der Waals surface area contributed by atoms with Crippen LogP contribution in [0.1, 0.15) is 57.6 Å². The maximum atomic E-state index is 13.2. The van der Waals surface area contributed by atoms with Gasteiger partial charge in [0.2, 0.25) is 5.91 Å². The Balaban J connectivity index is 1.71. The van der Waals surface area contributed by atoms with E-state index in [4.69, 9.17) is 0 Å². The smallest absolute Gasteiger partial charge is 0.293 e. The van der Waals surface area contributed by atoms with E-state index in [0.29, 0.717) is 11.4 Å². The molecule has 0 saturated carbocycles. The molecule has 3 heterocycles. The van der Waals surface area contributed by atoms with Crippen LogP contribution in [-0.4, -0.2) is 50.6 Å². The van der Waals surface area contributed by atoms with Crippen LogP contribution in [0.2, 0.25) is 0 Å². The number of imide groups is 1. The van der Waals surface area contributed by atoms with Gasteiger partial charge in [0.1, 0.15) is 6.54 Å². The summed E-state index contributed by atoms with van der Waals surface area (Å²) in [5, 5.41) is 0.793. The van der Waals surface area contributed by atoms with Crippen LogP contribution in [0.4, 0.5) is 4.79 Å². The van der Waals surface area contributed by atoms with Gasteiger partial charge in [-0.2, -0.15) is 0 Å². The molecular weight excluding hydrogens is 422 g/mol. The lowest BCUT2D eigenvalue weighted by Crippen LogP contribution is -2.43. The number of carbonyl (C=O) groups excluding carboxylic acids is 3. The van der Waals surface area contributed by atoms with Crippen molar-refractivity contribution in [2.24, 2.45) is 0 Å². The van der Waals surface area contributed by atoms with Crippen LogP contribution in [0.15, 0.2) is 29.3 Å².